The van der Waals surface area contributed by atoms with Crippen LogP contribution in [0.5, 0.6) is 0 Å². The van der Waals surface area contributed by atoms with E-state index >= 15 is 0 Å². The van der Waals surface area contributed by atoms with Crippen LogP contribution >= 0.6 is 15.9 Å². The molecular formula is C15H19BrFN3. The van der Waals surface area contributed by atoms with Crippen LogP contribution in [0, 0.1) is 12.7 Å². The van der Waals surface area contributed by atoms with Crippen LogP contribution in [0.15, 0.2) is 24.3 Å². The van der Waals surface area contributed by atoms with Crippen molar-refractivity contribution in [2.45, 2.75) is 25.2 Å². The summed E-state index contributed by atoms with van der Waals surface area (Å²) in [7, 11) is 3.89. The molecule has 2 aromatic rings. The van der Waals surface area contributed by atoms with E-state index in [1.165, 1.54) is 6.07 Å². The summed E-state index contributed by atoms with van der Waals surface area (Å²) in [6.07, 6.45) is 0. The van der Waals surface area contributed by atoms with Gasteiger partial charge in [-0.2, -0.15) is 5.10 Å². The van der Waals surface area contributed by atoms with Crippen molar-refractivity contribution >= 4 is 21.7 Å². The maximum absolute atomic E-state index is 13.9. The molecule has 0 aliphatic carbocycles. The van der Waals surface area contributed by atoms with Gasteiger partial charge in [0.05, 0.1) is 11.7 Å². The molecule has 0 aliphatic heterocycles. The summed E-state index contributed by atoms with van der Waals surface area (Å²) in [6.45, 7) is 3.99. The van der Waals surface area contributed by atoms with Crippen LogP contribution < -0.4 is 4.90 Å². The number of aryl methyl sites for hydroxylation is 2. The van der Waals surface area contributed by atoms with E-state index in [2.05, 4.69) is 25.9 Å². The Kier molecular flexibility index (Phi) is 4.48. The minimum absolute atomic E-state index is 0.0659. The number of hydrogen-bond acceptors (Lipinski definition) is 2. The molecule has 1 unspecified atom stereocenters. The van der Waals surface area contributed by atoms with Gasteiger partial charge in [-0.15, -0.1) is 0 Å². The number of rotatable bonds is 4. The summed E-state index contributed by atoms with van der Waals surface area (Å²) >= 11 is 3.51. The van der Waals surface area contributed by atoms with Crippen molar-refractivity contribution in [3.05, 3.63) is 46.9 Å². The van der Waals surface area contributed by atoms with Crippen LogP contribution in [0.3, 0.4) is 0 Å². The van der Waals surface area contributed by atoms with E-state index in [1.807, 2.05) is 44.8 Å². The number of nitrogens with zero attached hydrogens (tertiary/aromatic N) is 3. The van der Waals surface area contributed by atoms with Crippen molar-refractivity contribution in [1.29, 1.82) is 0 Å². The highest BCUT2D eigenvalue weighted by Gasteiger charge is 2.22. The second-order valence-corrected chi connectivity index (χ2v) is 5.51. The van der Waals surface area contributed by atoms with Gasteiger partial charge in [-0.25, -0.2) is 4.39 Å². The van der Waals surface area contributed by atoms with Crippen molar-refractivity contribution < 1.29 is 4.39 Å². The van der Waals surface area contributed by atoms with Gasteiger partial charge >= 0.3 is 0 Å². The zero-order valence-corrected chi connectivity index (χ0v) is 13.8. The minimum atomic E-state index is -0.175. The van der Waals surface area contributed by atoms with Gasteiger partial charge in [0, 0.05) is 30.6 Å². The van der Waals surface area contributed by atoms with Gasteiger partial charge in [-0.3, -0.25) is 4.68 Å². The third-order valence-corrected chi connectivity index (χ3v) is 4.28. The molecule has 5 heteroatoms. The molecule has 0 spiro atoms. The van der Waals surface area contributed by atoms with Crippen molar-refractivity contribution in [2.75, 3.05) is 11.9 Å². The molecule has 0 saturated heterocycles. The predicted molar refractivity (Wildman–Crippen MR) is 83.8 cm³/mol. The average molecular weight is 340 g/mol. The summed E-state index contributed by atoms with van der Waals surface area (Å²) in [5, 5.41) is 5.19. The van der Waals surface area contributed by atoms with Crippen molar-refractivity contribution in [3.63, 3.8) is 0 Å². The molecule has 0 fully saturated rings. The molecule has 0 radical (unpaired) electrons. The lowest BCUT2D eigenvalue weighted by Crippen LogP contribution is -2.25. The Morgan fingerprint density at radius 1 is 1.40 bits per heavy atom. The van der Waals surface area contributed by atoms with Crippen LogP contribution in [0.4, 0.5) is 10.2 Å². The second kappa shape index (κ2) is 5.95. The first-order valence-electron chi connectivity index (χ1n) is 6.53. The molecule has 3 nitrogen and oxygen atoms in total. The summed E-state index contributed by atoms with van der Waals surface area (Å²) in [6, 6.07) is 6.84. The number of alkyl halides is 1. The van der Waals surface area contributed by atoms with Crippen LogP contribution in [0.1, 0.15) is 29.8 Å². The monoisotopic (exact) mass is 339 g/mol. The molecule has 1 atom stereocenters. The Bertz CT molecular complexity index is 609. The van der Waals surface area contributed by atoms with Gasteiger partial charge in [0.25, 0.3) is 0 Å². The largest absolute Gasteiger partial charge is 0.353 e. The molecule has 1 heterocycles. The average Bonchev–Trinajstić information content (AvgIpc) is 2.71. The van der Waals surface area contributed by atoms with Crippen LogP contribution in [0.2, 0.25) is 0 Å². The molecule has 0 amide bonds. The summed E-state index contributed by atoms with van der Waals surface area (Å²) in [5.41, 5.74) is 2.82. The Hall–Kier alpha value is -1.36. The van der Waals surface area contributed by atoms with Crippen LogP contribution in [-0.2, 0) is 12.4 Å². The number of benzene rings is 1. The number of anilines is 1. The van der Waals surface area contributed by atoms with Gasteiger partial charge in [-0.1, -0.05) is 34.1 Å². The maximum Gasteiger partial charge on any atom is 0.131 e. The summed E-state index contributed by atoms with van der Waals surface area (Å²) in [5.74, 6) is 0.835. The predicted octanol–water partition coefficient (Wildman–Crippen LogP) is 3.96. The topological polar surface area (TPSA) is 21.1 Å². The highest BCUT2D eigenvalue weighted by molar-refractivity contribution is 9.08. The van der Waals surface area contributed by atoms with Gasteiger partial charge in [0.15, 0.2) is 0 Å². The highest BCUT2D eigenvalue weighted by Crippen LogP contribution is 2.31. The van der Waals surface area contributed by atoms with E-state index in [-0.39, 0.29) is 11.9 Å². The third-order valence-electron chi connectivity index (χ3n) is 3.72. The molecule has 1 aromatic heterocycles. The lowest BCUT2D eigenvalue weighted by Gasteiger charge is -2.28. The minimum Gasteiger partial charge on any atom is -0.353 e. The molecule has 0 N–H and O–H groups in total. The molecule has 0 bridgehead atoms. The molecule has 20 heavy (non-hydrogen) atoms. The van der Waals surface area contributed by atoms with E-state index in [1.54, 1.807) is 6.07 Å². The maximum atomic E-state index is 13.9. The standard InChI is InChI=1S/C15H19BrFN3/c1-10-13(9-16)15(20(4)18-10)19(3)11(2)12-7-5-6-8-14(12)17/h5-8,11H,9H2,1-4H3. The van der Waals surface area contributed by atoms with Gasteiger partial charge in [0.1, 0.15) is 11.6 Å². The summed E-state index contributed by atoms with van der Waals surface area (Å²) < 4.78 is 15.8. The Morgan fingerprint density at radius 2 is 2.05 bits per heavy atom. The Morgan fingerprint density at radius 3 is 2.65 bits per heavy atom. The zero-order chi connectivity index (χ0) is 14.9. The van der Waals surface area contributed by atoms with Gasteiger partial charge in [-0.05, 0) is 19.9 Å². The first-order valence-corrected chi connectivity index (χ1v) is 7.65. The first kappa shape index (κ1) is 15.0. The quantitative estimate of drug-likeness (QED) is 0.786. The zero-order valence-electron chi connectivity index (χ0n) is 12.2. The molecule has 0 saturated carbocycles. The van der Waals surface area contributed by atoms with Crippen molar-refractivity contribution in [3.8, 4) is 0 Å². The number of hydrogen-bond donors (Lipinski definition) is 0. The number of halogens is 2. The fraction of sp³-hybridized carbons (Fsp3) is 0.400. The fourth-order valence-electron chi connectivity index (χ4n) is 2.49. The first-order chi connectivity index (χ1) is 9.47. The normalized spacial score (nSPS) is 12.5. The Labute approximate surface area is 127 Å². The SMILES string of the molecule is Cc1nn(C)c(N(C)C(C)c2ccccc2F)c1CBr. The summed E-state index contributed by atoms with van der Waals surface area (Å²) in [4.78, 5) is 2.06. The molecule has 1 aromatic carbocycles. The lowest BCUT2D eigenvalue weighted by molar-refractivity contribution is 0.579. The van der Waals surface area contributed by atoms with Crippen LogP contribution in [-0.4, -0.2) is 16.8 Å². The van der Waals surface area contributed by atoms with Gasteiger partial charge in [0.2, 0.25) is 0 Å². The molecule has 0 aliphatic rings. The molecular weight excluding hydrogens is 321 g/mol. The van der Waals surface area contributed by atoms with Gasteiger partial charge < -0.3 is 4.90 Å². The van der Waals surface area contributed by atoms with Crippen LogP contribution in [0.25, 0.3) is 0 Å². The van der Waals surface area contributed by atoms with E-state index < -0.39 is 0 Å². The van der Waals surface area contributed by atoms with E-state index in [0.717, 1.165) is 22.4 Å². The highest BCUT2D eigenvalue weighted by atomic mass is 79.9. The fourth-order valence-corrected chi connectivity index (χ4v) is 3.15. The third kappa shape index (κ3) is 2.59. The molecule has 108 valence electrons. The smallest absolute Gasteiger partial charge is 0.131 e. The molecule has 2 rings (SSSR count). The Balaban J connectivity index is 2.41. The lowest BCUT2D eigenvalue weighted by atomic mass is 10.1. The van der Waals surface area contributed by atoms with E-state index in [0.29, 0.717) is 5.56 Å². The van der Waals surface area contributed by atoms with Crippen molar-refractivity contribution in [1.82, 2.24) is 9.78 Å². The second-order valence-electron chi connectivity index (χ2n) is 4.95. The van der Waals surface area contributed by atoms with E-state index in [4.69, 9.17) is 0 Å². The van der Waals surface area contributed by atoms with E-state index in [9.17, 15) is 4.39 Å². The number of aromatic nitrogens is 2. The van der Waals surface area contributed by atoms with Crippen molar-refractivity contribution in [2.24, 2.45) is 7.05 Å².